The molecule has 2 heterocycles. The fraction of sp³-hybridized carbons (Fsp3) is 0.353. The molecular weight excluding hydrogens is 314 g/mol. The second-order valence-electron chi connectivity index (χ2n) is 5.99. The standard InChI is InChI=1S/C17H17NO6/c1-17-8-7-11(24-17)12(15(20)21)13(17)14(19)18-10-6-4-3-5-9(10)16(22)23-2/h3-8,11-13H,1-2H3,(H,18,19)(H,20,21)/t11-,12-,13+,17-/m1/s1. The molecule has 4 atom stereocenters. The Hall–Kier alpha value is -2.67. The molecule has 0 unspecified atom stereocenters. The van der Waals surface area contributed by atoms with Crippen molar-refractivity contribution in [2.24, 2.45) is 11.8 Å². The summed E-state index contributed by atoms with van der Waals surface area (Å²) < 4.78 is 10.4. The van der Waals surface area contributed by atoms with Gasteiger partial charge in [0, 0.05) is 0 Å². The number of carbonyl (C=O) groups excluding carboxylic acids is 2. The summed E-state index contributed by atoms with van der Waals surface area (Å²) in [5.74, 6) is -4.04. The first-order valence-electron chi connectivity index (χ1n) is 7.45. The molecule has 1 aromatic rings. The molecule has 1 amide bonds. The van der Waals surface area contributed by atoms with Gasteiger partial charge < -0.3 is 19.9 Å². The molecule has 7 nitrogen and oxygen atoms in total. The minimum absolute atomic E-state index is 0.199. The smallest absolute Gasteiger partial charge is 0.339 e. The lowest BCUT2D eigenvalue weighted by molar-refractivity contribution is -0.146. The highest BCUT2D eigenvalue weighted by Gasteiger charge is 2.59. The van der Waals surface area contributed by atoms with Crippen LogP contribution in [-0.4, -0.2) is 41.8 Å². The number of carbonyl (C=O) groups is 3. The van der Waals surface area contributed by atoms with E-state index in [1.54, 1.807) is 37.3 Å². The Morgan fingerprint density at radius 3 is 2.67 bits per heavy atom. The second-order valence-corrected chi connectivity index (χ2v) is 5.99. The zero-order valence-electron chi connectivity index (χ0n) is 13.2. The van der Waals surface area contributed by atoms with Gasteiger partial charge in [0.05, 0.1) is 36.0 Å². The van der Waals surface area contributed by atoms with E-state index in [1.807, 2.05) is 0 Å². The van der Waals surface area contributed by atoms with Gasteiger partial charge in [0.15, 0.2) is 0 Å². The molecule has 126 valence electrons. The van der Waals surface area contributed by atoms with E-state index < -0.39 is 41.4 Å². The number of para-hydroxylation sites is 1. The van der Waals surface area contributed by atoms with E-state index in [0.29, 0.717) is 0 Å². The van der Waals surface area contributed by atoms with E-state index in [-0.39, 0.29) is 11.3 Å². The quantitative estimate of drug-likeness (QED) is 0.640. The lowest BCUT2D eigenvalue weighted by Gasteiger charge is -2.28. The fourth-order valence-corrected chi connectivity index (χ4v) is 3.37. The third-order valence-electron chi connectivity index (χ3n) is 4.50. The number of benzene rings is 1. The van der Waals surface area contributed by atoms with Gasteiger partial charge in [-0.2, -0.15) is 0 Å². The van der Waals surface area contributed by atoms with Crippen LogP contribution in [0, 0.1) is 11.8 Å². The van der Waals surface area contributed by atoms with Crippen molar-refractivity contribution in [1.82, 2.24) is 0 Å². The first-order chi connectivity index (χ1) is 11.4. The van der Waals surface area contributed by atoms with Crippen molar-refractivity contribution in [2.75, 3.05) is 12.4 Å². The molecule has 24 heavy (non-hydrogen) atoms. The maximum Gasteiger partial charge on any atom is 0.339 e. The number of nitrogens with one attached hydrogen (secondary N) is 1. The normalized spacial score (nSPS) is 30.2. The predicted octanol–water partition coefficient (Wildman–Crippen LogP) is 1.46. The minimum Gasteiger partial charge on any atom is -0.481 e. The highest BCUT2D eigenvalue weighted by atomic mass is 16.5. The molecule has 0 saturated carbocycles. The van der Waals surface area contributed by atoms with Gasteiger partial charge in [-0.1, -0.05) is 24.3 Å². The number of rotatable bonds is 4. The number of carboxylic acid groups (broad SMARTS) is 1. The number of esters is 1. The van der Waals surface area contributed by atoms with Crippen molar-refractivity contribution in [3.63, 3.8) is 0 Å². The molecule has 2 bridgehead atoms. The van der Waals surface area contributed by atoms with E-state index in [1.165, 1.54) is 13.2 Å². The summed E-state index contributed by atoms with van der Waals surface area (Å²) in [5, 5.41) is 12.1. The molecule has 0 radical (unpaired) electrons. The maximum atomic E-state index is 12.7. The molecule has 2 aliphatic heterocycles. The van der Waals surface area contributed by atoms with Crippen LogP contribution in [0.25, 0.3) is 0 Å². The molecule has 1 fully saturated rings. The summed E-state index contributed by atoms with van der Waals surface area (Å²) in [6, 6.07) is 6.39. The Kier molecular flexibility index (Phi) is 3.88. The van der Waals surface area contributed by atoms with Gasteiger partial charge in [0.1, 0.15) is 5.92 Å². The van der Waals surface area contributed by atoms with Crippen molar-refractivity contribution in [2.45, 2.75) is 18.6 Å². The number of aliphatic carboxylic acids is 1. The highest BCUT2D eigenvalue weighted by molar-refractivity contribution is 6.03. The molecule has 2 aliphatic rings. The van der Waals surface area contributed by atoms with Gasteiger partial charge in [0.25, 0.3) is 0 Å². The lowest BCUT2D eigenvalue weighted by Crippen LogP contribution is -2.44. The first kappa shape index (κ1) is 16.2. The van der Waals surface area contributed by atoms with Gasteiger partial charge in [0.2, 0.25) is 5.91 Å². The number of hydrogen-bond donors (Lipinski definition) is 2. The van der Waals surface area contributed by atoms with Crippen molar-refractivity contribution in [3.8, 4) is 0 Å². The maximum absolute atomic E-state index is 12.7. The van der Waals surface area contributed by atoms with Gasteiger partial charge in [-0.05, 0) is 19.1 Å². The zero-order valence-corrected chi connectivity index (χ0v) is 13.2. The van der Waals surface area contributed by atoms with Crippen LogP contribution >= 0.6 is 0 Å². The molecular formula is C17H17NO6. The predicted molar refractivity (Wildman–Crippen MR) is 83.4 cm³/mol. The summed E-state index contributed by atoms with van der Waals surface area (Å²) >= 11 is 0. The highest BCUT2D eigenvalue weighted by Crippen LogP contribution is 2.47. The Labute approximate surface area is 138 Å². The SMILES string of the molecule is COC(=O)c1ccccc1NC(=O)[C@@H]1[C@H](C(=O)O)[C@H]2C=C[C@@]1(C)O2. The van der Waals surface area contributed by atoms with Crippen molar-refractivity contribution in [3.05, 3.63) is 42.0 Å². The van der Waals surface area contributed by atoms with Crippen molar-refractivity contribution >= 4 is 23.5 Å². The molecule has 0 spiro atoms. The van der Waals surface area contributed by atoms with Crippen LogP contribution in [0.15, 0.2) is 36.4 Å². The molecule has 0 aromatic heterocycles. The number of anilines is 1. The molecule has 0 aliphatic carbocycles. The summed E-state index contributed by atoms with van der Waals surface area (Å²) in [5.41, 5.74) is -0.503. The molecule has 1 saturated heterocycles. The van der Waals surface area contributed by atoms with Crippen molar-refractivity contribution in [1.29, 1.82) is 0 Å². The summed E-state index contributed by atoms with van der Waals surface area (Å²) in [7, 11) is 1.25. The van der Waals surface area contributed by atoms with E-state index in [4.69, 9.17) is 9.47 Å². The van der Waals surface area contributed by atoms with Gasteiger partial charge >= 0.3 is 11.9 Å². The average Bonchev–Trinajstić information content (AvgIpc) is 3.07. The first-order valence-corrected chi connectivity index (χ1v) is 7.45. The van der Waals surface area contributed by atoms with Crippen molar-refractivity contribution < 1.29 is 29.0 Å². The van der Waals surface area contributed by atoms with Crippen LogP contribution in [0.4, 0.5) is 5.69 Å². The van der Waals surface area contributed by atoms with Crippen LogP contribution in [0.1, 0.15) is 17.3 Å². The van der Waals surface area contributed by atoms with E-state index in [9.17, 15) is 19.5 Å². The number of ether oxygens (including phenoxy) is 2. The molecule has 2 N–H and O–H groups in total. The fourth-order valence-electron chi connectivity index (χ4n) is 3.37. The van der Waals surface area contributed by atoms with Gasteiger partial charge in [-0.15, -0.1) is 0 Å². The number of amides is 1. The summed E-state index contributed by atoms with van der Waals surface area (Å²) in [4.78, 5) is 36.1. The number of methoxy groups -OCH3 is 1. The van der Waals surface area contributed by atoms with Gasteiger partial charge in [-0.25, -0.2) is 4.79 Å². The zero-order chi connectivity index (χ0) is 17.5. The summed E-state index contributed by atoms with van der Waals surface area (Å²) in [6.07, 6.45) is 2.76. The summed E-state index contributed by atoms with van der Waals surface area (Å²) in [6.45, 7) is 1.68. The average molecular weight is 331 g/mol. The van der Waals surface area contributed by atoms with E-state index in [0.717, 1.165) is 0 Å². The largest absolute Gasteiger partial charge is 0.481 e. The van der Waals surface area contributed by atoms with Crippen LogP contribution in [0.2, 0.25) is 0 Å². The third-order valence-corrected chi connectivity index (χ3v) is 4.50. The van der Waals surface area contributed by atoms with E-state index >= 15 is 0 Å². The Bertz CT molecular complexity index is 742. The topological polar surface area (TPSA) is 102 Å². The lowest BCUT2D eigenvalue weighted by atomic mass is 9.75. The molecule has 1 aromatic carbocycles. The Morgan fingerprint density at radius 1 is 1.29 bits per heavy atom. The van der Waals surface area contributed by atoms with Crippen LogP contribution in [-0.2, 0) is 19.1 Å². The van der Waals surface area contributed by atoms with Crippen LogP contribution in [0.3, 0.4) is 0 Å². The third kappa shape index (κ3) is 2.46. The van der Waals surface area contributed by atoms with Crippen LogP contribution in [0.5, 0.6) is 0 Å². The van der Waals surface area contributed by atoms with Gasteiger partial charge in [-0.3, -0.25) is 9.59 Å². The monoisotopic (exact) mass is 331 g/mol. The van der Waals surface area contributed by atoms with Crippen LogP contribution < -0.4 is 5.32 Å². The Balaban J connectivity index is 1.89. The number of carboxylic acids is 1. The minimum atomic E-state index is -1.09. The number of hydrogen-bond acceptors (Lipinski definition) is 5. The molecule has 3 rings (SSSR count). The Morgan fingerprint density at radius 2 is 2.00 bits per heavy atom. The molecule has 7 heteroatoms. The van der Waals surface area contributed by atoms with E-state index in [2.05, 4.69) is 5.32 Å². The second kappa shape index (κ2) is 5.76. The number of fused-ring (bicyclic) bond motifs is 2.